The predicted octanol–water partition coefficient (Wildman–Crippen LogP) is 0.985. The van der Waals surface area contributed by atoms with Gasteiger partial charge >= 0.3 is 0 Å². The molecule has 0 bridgehead atoms. The summed E-state index contributed by atoms with van der Waals surface area (Å²) in [4.78, 5) is 24.5. The molecule has 0 aliphatic carbocycles. The molecule has 28 heavy (non-hydrogen) atoms. The highest BCUT2D eigenvalue weighted by atomic mass is 35.5. The fourth-order valence-corrected chi connectivity index (χ4v) is 2.46. The zero-order valence-corrected chi connectivity index (χ0v) is 16.4. The number of rotatable bonds is 13. The van der Waals surface area contributed by atoms with Crippen LogP contribution in [-0.2, 0) is 19.0 Å². The minimum absolute atomic E-state index is 0.0185. The summed E-state index contributed by atoms with van der Waals surface area (Å²) in [6, 6.07) is 7.72. The molecule has 0 saturated heterocycles. The van der Waals surface area contributed by atoms with Gasteiger partial charge < -0.3 is 19.5 Å². The molecule has 1 rings (SSSR count). The fourth-order valence-electron chi connectivity index (χ4n) is 2.33. The third-order valence-electron chi connectivity index (χ3n) is 3.70. The first-order valence-electron chi connectivity index (χ1n) is 8.68. The van der Waals surface area contributed by atoms with E-state index in [9.17, 15) is 9.59 Å². The molecular formula is C18H25ClN4O5. The lowest BCUT2D eigenvalue weighted by molar-refractivity contribution is -0.127. The number of nitriles is 1. The molecule has 10 heteroatoms. The normalized spacial score (nSPS) is 12.6. The lowest BCUT2D eigenvalue weighted by Gasteiger charge is -2.23. The Morgan fingerprint density at radius 2 is 1.93 bits per heavy atom. The Morgan fingerprint density at radius 1 is 1.21 bits per heavy atom. The number of benzene rings is 1. The highest BCUT2D eigenvalue weighted by molar-refractivity contribution is 6.30. The summed E-state index contributed by atoms with van der Waals surface area (Å²) in [5, 5.41) is 11.9. The van der Waals surface area contributed by atoms with Crippen molar-refractivity contribution in [3.8, 4) is 6.07 Å². The summed E-state index contributed by atoms with van der Waals surface area (Å²) in [6.45, 7) is 2.32. The van der Waals surface area contributed by atoms with Crippen molar-refractivity contribution < 1.29 is 23.8 Å². The maximum absolute atomic E-state index is 12.5. The van der Waals surface area contributed by atoms with Gasteiger partial charge in [-0.25, -0.2) is 5.84 Å². The summed E-state index contributed by atoms with van der Waals surface area (Å²) in [7, 11) is 0. The van der Waals surface area contributed by atoms with Gasteiger partial charge in [-0.1, -0.05) is 11.6 Å². The topological polar surface area (TPSA) is 136 Å². The number of amides is 2. The standard InChI is InChI=1S/C18H25ClN4O5/c1-2-26-12-28-11-16(9-14(18(25)23-21)10-27-8-7-20)22-17(24)13-3-5-15(19)6-4-13/h3-6,14,16H,2,8-12,21H2,1H3,(H,22,24)(H,23,25). The molecule has 1 aromatic carbocycles. The van der Waals surface area contributed by atoms with Crippen molar-refractivity contribution in [2.45, 2.75) is 19.4 Å². The number of hydrazine groups is 1. The number of hydrogen-bond donors (Lipinski definition) is 3. The molecule has 154 valence electrons. The number of halogens is 1. The van der Waals surface area contributed by atoms with E-state index in [0.29, 0.717) is 17.2 Å². The van der Waals surface area contributed by atoms with E-state index in [2.05, 4.69) is 10.7 Å². The minimum atomic E-state index is -0.676. The van der Waals surface area contributed by atoms with Gasteiger partial charge in [-0.05, 0) is 37.6 Å². The van der Waals surface area contributed by atoms with Crippen molar-refractivity contribution in [2.24, 2.45) is 11.8 Å². The van der Waals surface area contributed by atoms with Crippen LogP contribution >= 0.6 is 11.6 Å². The largest absolute Gasteiger partial charge is 0.366 e. The van der Waals surface area contributed by atoms with Crippen LogP contribution in [-0.4, -0.2) is 51.1 Å². The van der Waals surface area contributed by atoms with Crippen molar-refractivity contribution in [1.29, 1.82) is 5.26 Å². The number of ether oxygens (including phenoxy) is 3. The molecule has 0 radical (unpaired) electrons. The van der Waals surface area contributed by atoms with E-state index in [1.54, 1.807) is 24.3 Å². The molecule has 0 fully saturated rings. The number of nitrogens with two attached hydrogens (primary N) is 1. The van der Waals surface area contributed by atoms with Gasteiger partial charge in [0.1, 0.15) is 13.4 Å². The molecule has 0 aliphatic rings. The van der Waals surface area contributed by atoms with Crippen LogP contribution in [0.3, 0.4) is 0 Å². The van der Waals surface area contributed by atoms with Crippen LogP contribution in [0, 0.1) is 17.2 Å². The Kier molecular flexibility index (Phi) is 11.8. The van der Waals surface area contributed by atoms with Crippen LogP contribution in [0.2, 0.25) is 5.02 Å². The van der Waals surface area contributed by atoms with Crippen molar-refractivity contribution in [3.63, 3.8) is 0 Å². The van der Waals surface area contributed by atoms with Crippen LogP contribution in [0.25, 0.3) is 0 Å². The van der Waals surface area contributed by atoms with Gasteiger partial charge in [0.25, 0.3) is 5.91 Å². The number of carbonyl (C=O) groups is 2. The molecule has 9 nitrogen and oxygen atoms in total. The van der Waals surface area contributed by atoms with Crippen molar-refractivity contribution in [3.05, 3.63) is 34.9 Å². The van der Waals surface area contributed by atoms with E-state index < -0.39 is 17.9 Å². The summed E-state index contributed by atoms with van der Waals surface area (Å²) < 4.78 is 15.7. The SMILES string of the molecule is CCOCOCC(CC(COCC#N)C(=O)NN)NC(=O)c1ccc(Cl)cc1. The maximum Gasteiger partial charge on any atom is 0.251 e. The fraction of sp³-hybridized carbons (Fsp3) is 0.500. The monoisotopic (exact) mass is 412 g/mol. The van der Waals surface area contributed by atoms with E-state index in [1.807, 2.05) is 13.0 Å². The van der Waals surface area contributed by atoms with Crippen molar-refractivity contribution in [2.75, 3.05) is 33.2 Å². The maximum atomic E-state index is 12.5. The molecule has 0 aliphatic heterocycles. The molecule has 4 N–H and O–H groups in total. The van der Waals surface area contributed by atoms with E-state index in [4.69, 9.17) is 36.9 Å². The minimum Gasteiger partial charge on any atom is -0.366 e. The second-order valence-corrected chi connectivity index (χ2v) is 6.21. The van der Waals surface area contributed by atoms with Gasteiger partial charge in [-0.3, -0.25) is 15.0 Å². The quantitative estimate of drug-likeness (QED) is 0.144. The number of nitrogens with one attached hydrogen (secondary N) is 2. The molecule has 0 aromatic heterocycles. The first-order valence-corrected chi connectivity index (χ1v) is 9.06. The van der Waals surface area contributed by atoms with E-state index in [1.165, 1.54) is 0 Å². The molecule has 2 amide bonds. The van der Waals surface area contributed by atoms with Crippen LogP contribution < -0.4 is 16.6 Å². The third-order valence-corrected chi connectivity index (χ3v) is 3.95. The number of carbonyl (C=O) groups excluding carboxylic acids is 2. The summed E-state index contributed by atoms with van der Waals surface area (Å²) >= 11 is 5.84. The molecule has 0 spiro atoms. The summed E-state index contributed by atoms with van der Waals surface area (Å²) in [5.74, 6) is 3.75. The van der Waals surface area contributed by atoms with Crippen molar-refractivity contribution in [1.82, 2.24) is 10.7 Å². The lowest BCUT2D eigenvalue weighted by Crippen LogP contribution is -2.45. The molecule has 0 saturated carbocycles. The van der Waals surface area contributed by atoms with Crippen LogP contribution in [0.5, 0.6) is 0 Å². The Labute approximate surface area is 169 Å². The summed E-state index contributed by atoms with van der Waals surface area (Å²) in [6.07, 6.45) is 0.194. The predicted molar refractivity (Wildman–Crippen MR) is 102 cm³/mol. The second kappa shape index (κ2) is 13.9. The van der Waals surface area contributed by atoms with Gasteiger partial charge in [0.05, 0.1) is 31.2 Å². The average Bonchev–Trinajstić information content (AvgIpc) is 2.70. The number of hydrogen-bond acceptors (Lipinski definition) is 7. The van der Waals surface area contributed by atoms with Gasteiger partial charge in [-0.15, -0.1) is 0 Å². The van der Waals surface area contributed by atoms with Crippen LogP contribution in [0.1, 0.15) is 23.7 Å². The first kappa shape index (κ1) is 23.8. The zero-order chi connectivity index (χ0) is 20.8. The first-order chi connectivity index (χ1) is 13.5. The Morgan fingerprint density at radius 3 is 2.54 bits per heavy atom. The average molecular weight is 413 g/mol. The third kappa shape index (κ3) is 9.12. The van der Waals surface area contributed by atoms with Crippen molar-refractivity contribution >= 4 is 23.4 Å². The lowest BCUT2D eigenvalue weighted by atomic mass is 9.99. The second-order valence-electron chi connectivity index (χ2n) is 5.77. The Balaban J connectivity index is 2.79. The van der Waals surface area contributed by atoms with Gasteiger partial charge in [0.15, 0.2) is 0 Å². The van der Waals surface area contributed by atoms with E-state index >= 15 is 0 Å². The van der Waals surface area contributed by atoms with E-state index in [-0.39, 0.29) is 38.9 Å². The Bertz CT molecular complexity index is 650. The molecule has 1 aromatic rings. The molecule has 2 unspecified atom stereocenters. The van der Waals surface area contributed by atoms with Gasteiger partial charge in [0, 0.05) is 17.2 Å². The highest BCUT2D eigenvalue weighted by Gasteiger charge is 2.25. The molecular weight excluding hydrogens is 388 g/mol. The van der Waals surface area contributed by atoms with Gasteiger partial charge in [0.2, 0.25) is 5.91 Å². The highest BCUT2D eigenvalue weighted by Crippen LogP contribution is 2.12. The van der Waals surface area contributed by atoms with E-state index in [0.717, 1.165) is 0 Å². The van der Waals surface area contributed by atoms with Crippen LogP contribution in [0.15, 0.2) is 24.3 Å². The Hall–Kier alpha value is -2.22. The van der Waals surface area contributed by atoms with Crippen LogP contribution in [0.4, 0.5) is 0 Å². The molecule has 0 heterocycles. The smallest absolute Gasteiger partial charge is 0.251 e. The zero-order valence-electron chi connectivity index (χ0n) is 15.7. The molecule has 2 atom stereocenters. The van der Waals surface area contributed by atoms with Gasteiger partial charge in [-0.2, -0.15) is 5.26 Å². The summed E-state index contributed by atoms with van der Waals surface area (Å²) in [5.41, 5.74) is 2.49. The number of nitrogens with zero attached hydrogens (tertiary/aromatic N) is 1.